The van der Waals surface area contributed by atoms with Gasteiger partial charge in [-0.1, -0.05) is 13.0 Å². The van der Waals surface area contributed by atoms with Crippen molar-refractivity contribution >= 4 is 17.1 Å². The van der Waals surface area contributed by atoms with E-state index in [4.69, 9.17) is 10.2 Å². The van der Waals surface area contributed by atoms with Crippen molar-refractivity contribution in [3.05, 3.63) is 23.5 Å². The van der Waals surface area contributed by atoms with Gasteiger partial charge in [0, 0.05) is 0 Å². The van der Waals surface area contributed by atoms with Crippen LogP contribution < -0.4 is 5.73 Å². The number of hydrogen-bond acceptors (Lipinski definition) is 3. The Morgan fingerprint density at radius 2 is 2.31 bits per heavy atom. The predicted molar refractivity (Wildman–Crippen MR) is 47.8 cm³/mol. The molecule has 1 heterocycles. The Hall–Kier alpha value is -1.58. The molecule has 68 valence electrons. The normalized spacial score (nSPS) is 10.9. The number of nitrogen functional groups attached to an aromatic ring is 1. The molecule has 0 aliphatic heterocycles. The van der Waals surface area contributed by atoms with E-state index in [-0.39, 0.29) is 11.6 Å². The van der Waals surface area contributed by atoms with E-state index in [0.717, 1.165) is 12.0 Å². The first kappa shape index (κ1) is 8.04. The summed E-state index contributed by atoms with van der Waals surface area (Å²) in [5, 5.41) is 0. The minimum Gasteiger partial charge on any atom is -0.421 e. The van der Waals surface area contributed by atoms with E-state index >= 15 is 0 Å². The average molecular weight is 180 g/mol. The number of anilines is 1. The molecule has 0 atom stereocenters. The lowest BCUT2D eigenvalue weighted by Gasteiger charge is -1.95. The first-order chi connectivity index (χ1) is 6.22. The summed E-state index contributed by atoms with van der Waals surface area (Å²) in [6, 6.07) is 3.07. The zero-order valence-electron chi connectivity index (χ0n) is 7.17. The highest BCUT2D eigenvalue weighted by molar-refractivity contribution is 5.78. The Balaban J connectivity index is 2.83. The van der Waals surface area contributed by atoms with Gasteiger partial charge >= 0.3 is 0 Å². The topological polar surface area (TPSA) is 52.0 Å². The Morgan fingerprint density at radius 1 is 1.54 bits per heavy atom. The van der Waals surface area contributed by atoms with Crippen LogP contribution in [0.3, 0.4) is 0 Å². The molecule has 0 spiro atoms. The van der Waals surface area contributed by atoms with Crippen molar-refractivity contribution in [1.82, 2.24) is 4.98 Å². The second-order valence-electron chi connectivity index (χ2n) is 2.79. The van der Waals surface area contributed by atoms with E-state index in [1.807, 2.05) is 6.92 Å². The Morgan fingerprint density at radius 3 is 3.00 bits per heavy atom. The minimum absolute atomic E-state index is 0.00907. The van der Waals surface area contributed by atoms with Crippen LogP contribution in [0.25, 0.3) is 11.1 Å². The van der Waals surface area contributed by atoms with Gasteiger partial charge in [-0.05, 0) is 18.1 Å². The lowest BCUT2D eigenvalue weighted by Crippen LogP contribution is -1.85. The Kier molecular flexibility index (Phi) is 1.69. The quantitative estimate of drug-likeness (QED) is 0.731. The number of nitrogens with zero attached hydrogens (tertiary/aromatic N) is 1. The van der Waals surface area contributed by atoms with Gasteiger partial charge in [-0.3, -0.25) is 0 Å². The standard InChI is InChI=1S/C9H9FN2O/c1-2-5-3-4-6(10)8-7(5)12-9(11)13-8/h3-4H,2H2,1H3,(H2,11,12). The molecule has 0 unspecified atom stereocenters. The molecule has 1 aromatic carbocycles. The molecule has 0 aliphatic carbocycles. The number of aromatic nitrogens is 1. The van der Waals surface area contributed by atoms with Crippen LogP contribution in [-0.2, 0) is 6.42 Å². The van der Waals surface area contributed by atoms with Gasteiger partial charge in [-0.15, -0.1) is 0 Å². The summed E-state index contributed by atoms with van der Waals surface area (Å²) >= 11 is 0. The smallest absolute Gasteiger partial charge is 0.293 e. The molecule has 0 fully saturated rings. The van der Waals surface area contributed by atoms with Gasteiger partial charge in [0.1, 0.15) is 5.52 Å². The van der Waals surface area contributed by atoms with Gasteiger partial charge in [0.05, 0.1) is 0 Å². The minimum atomic E-state index is -0.420. The van der Waals surface area contributed by atoms with Crippen LogP contribution in [-0.4, -0.2) is 4.98 Å². The number of oxazole rings is 1. The molecule has 0 bridgehead atoms. The van der Waals surface area contributed by atoms with Gasteiger partial charge in [0.25, 0.3) is 6.01 Å². The number of hydrogen-bond donors (Lipinski definition) is 1. The van der Waals surface area contributed by atoms with Gasteiger partial charge in [0.2, 0.25) is 0 Å². The second-order valence-corrected chi connectivity index (χ2v) is 2.79. The lowest BCUT2D eigenvalue weighted by atomic mass is 10.1. The van der Waals surface area contributed by atoms with Crippen LogP contribution >= 0.6 is 0 Å². The summed E-state index contributed by atoms with van der Waals surface area (Å²) in [7, 11) is 0. The summed E-state index contributed by atoms with van der Waals surface area (Å²) in [4.78, 5) is 3.92. The highest BCUT2D eigenvalue weighted by atomic mass is 19.1. The molecule has 3 nitrogen and oxygen atoms in total. The lowest BCUT2D eigenvalue weighted by molar-refractivity contribution is 0.567. The molecule has 0 saturated heterocycles. The fraction of sp³-hybridized carbons (Fsp3) is 0.222. The largest absolute Gasteiger partial charge is 0.421 e. The van der Waals surface area contributed by atoms with Crippen LogP contribution in [0.5, 0.6) is 0 Å². The molecule has 2 aromatic rings. The maximum absolute atomic E-state index is 13.1. The number of fused-ring (bicyclic) bond motifs is 1. The molecule has 2 N–H and O–H groups in total. The third-order valence-electron chi connectivity index (χ3n) is 1.98. The van der Waals surface area contributed by atoms with Crippen molar-refractivity contribution in [3.63, 3.8) is 0 Å². The number of rotatable bonds is 1. The molecule has 1 aromatic heterocycles. The van der Waals surface area contributed by atoms with Gasteiger partial charge in [0.15, 0.2) is 11.4 Å². The van der Waals surface area contributed by atoms with Gasteiger partial charge in [-0.25, -0.2) is 4.39 Å². The van der Waals surface area contributed by atoms with E-state index in [1.165, 1.54) is 6.07 Å². The molecular formula is C9H9FN2O. The SMILES string of the molecule is CCc1ccc(F)c2oc(N)nc12. The summed E-state index contributed by atoms with van der Waals surface area (Å²) in [5.74, 6) is -0.420. The molecule has 0 amide bonds. The summed E-state index contributed by atoms with van der Waals surface area (Å²) in [6.45, 7) is 1.97. The fourth-order valence-electron chi connectivity index (χ4n) is 1.33. The van der Waals surface area contributed by atoms with E-state index < -0.39 is 5.82 Å². The fourth-order valence-corrected chi connectivity index (χ4v) is 1.33. The molecule has 0 saturated carbocycles. The number of halogens is 1. The zero-order valence-corrected chi connectivity index (χ0v) is 7.17. The van der Waals surface area contributed by atoms with Crippen molar-refractivity contribution in [2.45, 2.75) is 13.3 Å². The van der Waals surface area contributed by atoms with Gasteiger partial charge < -0.3 is 10.2 Å². The highest BCUT2D eigenvalue weighted by Crippen LogP contribution is 2.23. The molecule has 0 aliphatic rings. The van der Waals surface area contributed by atoms with E-state index in [2.05, 4.69) is 4.98 Å². The average Bonchev–Trinajstić information content (AvgIpc) is 2.48. The zero-order chi connectivity index (χ0) is 9.42. The summed E-state index contributed by atoms with van der Waals surface area (Å²) in [6.07, 6.45) is 0.781. The van der Waals surface area contributed by atoms with Crippen LogP contribution in [0.15, 0.2) is 16.5 Å². The van der Waals surface area contributed by atoms with Crippen molar-refractivity contribution in [3.8, 4) is 0 Å². The molecule has 13 heavy (non-hydrogen) atoms. The third kappa shape index (κ3) is 1.14. The van der Waals surface area contributed by atoms with Gasteiger partial charge in [-0.2, -0.15) is 4.98 Å². The molecule has 2 rings (SSSR count). The van der Waals surface area contributed by atoms with Crippen LogP contribution in [0.4, 0.5) is 10.4 Å². The second kappa shape index (κ2) is 2.73. The number of aryl methyl sites for hydroxylation is 1. The number of nitrogens with two attached hydrogens (primary N) is 1. The molecule has 4 heteroatoms. The molecular weight excluding hydrogens is 171 g/mol. The first-order valence-electron chi connectivity index (χ1n) is 4.05. The van der Waals surface area contributed by atoms with Crippen LogP contribution in [0.2, 0.25) is 0 Å². The van der Waals surface area contributed by atoms with E-state index in [9.17, 15) is 4.39 Å². The summed E-state index contributed by atoms with van der Waals surface area (Å²) in [5.41, 5.74) is 6.96. The van der Waals surface area contributed by atoms with Crippen molar-refractivity contribution in [1.29, 1.82) is 0 Å². The Labute approximate surface area is 74.4 Å². The Bertz CT molecular complexity index is 450. The van der Waals surface area contributed by atoms with Crippen molar-refractivity contribution in [2.75, 3.05) is 5.73 Å². The predicted octanol–water partition coefficient (Wildman–Crippen LogP) is 2.11. The monoisotopic (exact) mass is 180 g/mol. The summed E-state index contributed by atoms with van der Waals surface area (Å²) < 4.78 is 18.1. The van der Waals surface area contributed by atoms with Crippen molar-refractivity contribution < 1.29 is 8.81 Å². The molecule has 0 radical (unpaired) electrons. The highest BCUT2D eigenvalue weighted by Gasteiger charge is 2.11. The number of benzene rings is 1. The van der Waals surface area contributed by atoms with Crippen molar-refractivity contribution in [2.24, 2.45) is 0 Å². The van der Waals surface area contributed by atoms with Crippen LogP contribution in [0, 0.1) is 5.82 Å². The van der Waals surface area contributed by atoms with Crippen LogP contribution in [0.1, 0.15) is 12.5 Å². The maximum Gasteiger partial charge on any atom is 0.293 e. The third-order valence-corrected chi connectivity index (χ3v) is 1.98. The first-order valence-corrected chi connectivity index (χ1v) is 4.05. The maximum atomic E-state index is 13.1. The van der Waals surface area contributed by atoms with E-state index in [0.29, 0.717) is 5.52 Å². The van der Waals surface area contributed by atoms with E-state index in [1.54, 1.807) is 6.07 Å².